The Labute approximate surface area is 85.9 Å². The summed E-state index contributed by atoms with van der Waals surface area (Å²) in [4.78, 5) is 17.7. The fraction of sp³-hybridized carbons (Fsp3) is 0.167. The van der Waals surface area contributed by atoms with Gasteiger partial charge in [-0.2, -0.15) is 9.50 Å². The number of aromatic nitrogens is 4. The lowest BCUT2D eigenvalue weighted by atomic mass is 10.5. The van der Waals surface area contributed by atoms with Crippen molar-refractivity contribution >= 4 is 33.8 Å². The molecule has 0 saturated carbocycles. The van der Waals surface area contributed by atoms with Crippen LogP contribution >= 0.6 is 28.1 Å². The number of H-pyrrole nitrogens is 2. The van der Waals surface area contributed by atoms with Crippen LogP contribution in [0.4, 0.5) is 0 Å². The van der Waals surface area contributed by atoms with Crippen molar-refractivity contribution in [1.82, 2.24) is 19.6 Å². The van der Waals surface area contributed by atoms with E-state index in [1.165, 1.54) is 4.52 Å². The minimum absolute atomic E-state index is 0.185. The van der Waals surface area contributed by atoms with E-state index < -0.39 is 0 Å². The second-order valence-electron chi connectivity index (χ2n) is 2.56. The molecular weight excluding hydrogens is 256 g/mol. The van der Waals surface area contributed by atoms with Crippen molar-refractivity contribution in [3.63, 3.8) is 0 Å². The average Bonchev–Trinajstić information content (AvgIpc) is 2.32. The fourth-order valence-corrected chi connectivity index (χ4v) is 1.58. The summed E-state index contributed by atoms with van der Waals surface area (Å²) in [5.41, 5.74) is 1.02. The van der Waals surface area contributed by atoms with Crippen LogP contribution in [-0.2, 0) is 0 Å². The van der Waals surface area contributed by atoms with Gasteiger partial charge < -0.3 is 0 Å². The molecule has 0 aromatic carbocycles. The lowest BCUT2D eigenvalue weighted by Crippen LogP contribution is -2.18. The van der Waals surface area contributed by atoms with E-state index in [9.17, 15) is 4.79 Å². The number of aromatic amines is 2. The van der Waals surface area contributed by atoms with Crippen LogP contribution in [0.5, 0.6) is 0 Å². The maximum absolute atomic E-state index is 11.3. The molecule has 68 valence electrons. The van der Waals surface area contributed by atoms with Crippen molar-refractivity contribution in [3.8, 4) is 0 Å². The molecule has 0 aliphatic rings. The summed E-state index contributed by atoms with van der Waals surface area (Å²) >= 11 is 8.09. The Kier molecular flexibility index (Phi) is 1.85. The van der Waals surface area contributed by atoms with Crippen LogP contribution in [0.25, 0.3) is 5.65 Å². The summed E-state index contributed by atoms with van der Waals surface area (Å²) in [6.07, 6.45) is 0. The van der Waals surface area contributed by atoms with Gasteiger partial charge in [-0.1, -0.05) is 0 Å². The van der Waals surface area contributed by atoms with Gasteiger partial charge in [-0.15, -0.1) is 0 Å². The number of halogens is 1. The first-order valence-electron chi connectivity index (χ1n) is 3.47. The van der Waals surface area contributed by atoms with Gasteiger partial charge in [0.05, 0.1) is 4.47 Å². The van der Waals surface area contributed by atoms with Crippen molar-refractivity contribution in [2.75, 3.05) is 0 Å². The maximum atomic E-state index is 11.3. The molecule has 2 heterocycles. The molecule has 5 nitrogen and oxygen atoms in total. The van der Waals surface area contributed by atoms with Gasteiger partial charge in [0, 0.05) is 5.69 Å². The Bertz CT molecular complexity index is 580. The third kappa shape index (κ3) is 1.24. The van der Waals surface area contributed by atoms with Gasteiger partial charge in [0.1, 0.15) is 0 Å². The first-order chi connectivity index (χ1) is 6.09. The number of nitrogens with zero attached hydrogens (tertiary/aromatic N) is 2. The molecule has 0 aliphatic heterocycles. The molecule has 0 unspecified atom stereocenters. The third-order valence-corrected chi connectivity index (χ3v) is 2.78. The van der Waals surface area contributed by atoms with Gasteiger partial charge in [-0.3, -0.25) is 10.1 Å². The van der Waals surface area contributed by atoms with Crippen LogP contribution in [0.3, 0.4) is 0 Å². The van der Waals surface area contributed by atoms with Crippen LogP contribution in [0.15, 0.2) is 9.27 Å². The number of nitrogens with one attached hydrogen (secondary N) is 2. The Balaban J connectivity index is 3.12. The molecule has 2 rings (SSSR count). The van der Waals surface area contributed by atoms with E-state index in [1.54, 1.807) is 0 Å². The Morgan fingerprint density at radius 3 is 3.00 bits per heavy atom. The van der Waals surface area contributed by atoms with Crippen LogP contribution in [0, 0.1) is 11.7 Å². The van der Waals surface area contributed by atoms with E-state index in [0.717, 1.165) is 10.2 Å². The summed E-state index contributed by atoms with van der Waals surface area (Å²) < 4.78 is 2.24. The standard InChI is InChI=1S/C6H5BrN4OS/c1-2-3(7)4-8-5(13)9-6(12)11(4)10-2/h10H,1H3,(H,9,12,13). The van der Waals surface area contributed by atoms with Crippen molar-refractivity contribution in [3.05, 3.63) is 25.4 Å². The lowest BCUT2D eigenvalue weighted by Gasteiger charge is -1.89. The maximum Gasteiger partial charge on any atom is 0.348 e. The zero-order valence-electron chi connectivity index (χ0n) is 6.59. The molecule has 0 fully saturated rings. The number of hydrogen-bond donors (Lipinski definition) is 2. The summed E-state index contributed by atoms with van der Waals surface area (Å²) in [7, 11) is 0. The van der Waals surface area contributed by atoms with E-state index in [-0.39, 0.29) is 10.5 Å². The van der Waals surface area contributed by atoms with E-state index in [1.807, 2.05) is 6.92 Å². The van der Waals surface area contributed by atoms with Gasteiger partial charge in [-0.05, 0) is 35.1 Å². The second kappa shape index (κ2) is 2.78. The number of aryl methyl sites for hydroxylation is 1. The molecule has 2 aromatic rings. The van der Waals surface area contributed by atoms with Gasteiger partial charge >= 0.3 is 5.69 Å². The zero-order chi connectivity index (χ0) is 9.59. The van der Waals surface area contributed by atoms with Crippen LogP contribution in [-0.4, -0.2) is 19.6 Å². The second-order valence-corrected chi connectivity index (χ2v) is 3.74. The molecule has 0 amide bonds. The first kappa shape index (κ1) is 8.64. The molecular formula is C6H5BrN4OS. The van der Waals surface area contributed by atoms with E-state index in [4.69, 9.17) is 12.2 Å². The summed E-state index contributed by atoms with van der Waals surface area (Å²) in [5, 5.41) is 2.84. The summed E-state index contributed by atoms with van der Waals surface area (Å²) in [6, 6.07) is 0. The highest BCUT2D eigenvalue weighted by Crippen LogP contribution is 2.17. The van der Waals surface area contributed by atoms with Crippen LogP contribution < -0.4 is 5.69 Å². The van der Waals surface area contributed by atoms with Crippen LogP contribution in [0.1, 0.15) is 5.69 Å². The summed E-state index contributed by atoms with van der Waals surface area (Å²) in [5.74, 6) is 0. The molecule has 0 aliphatic carbocycles. The molecule has 7 heteroatoms. The molecule has 2 N–H and O–H groups in total. The van der Waals surface area contributed by atoms with Crippen molar-refractivity contribution in [2.24, 2.45) is 0 Å². The molecule has 0 saturated heterocycles. The molecule has 2 aromatic heterocycles. The van der Waals surface area contributed by atoms with Gasteiger partial charge in [0.15, 0.2) is 5.65 Å². The number of hydrogen-bond acceptors (Lipinski definition) is 3. The summed E-state index contributed by atoms with van der Waals surface area (Å²) in [6.45, 7) is 1.83. The fourth-order valence-electron chi connectivity index (χ4n) is 1.05. The lowest BCUT2D eigenvalue weighted by molar-refractivity contribution is 0.822. The minimum Gasteiger partial charge on any atom is -0.292 e. The molecule has 0 bridgehead atoms. The quantitative estimate of drug-likeness (QED) is 0.699. The van der Waals surface area contributed by atoms with E-state index in [0.29, 0.717) is 5.65 Å². The van der Waals surface area contributed by atoms with Crippen molar-refractivity contribution in [2.45, 2.75) is 6.92 Å². The Hall–Kier alpha value is -0.950. The molecule has 0 atom stereocenters. The molecule has 0 spiro atoms. The van der Waals surface area contributed by atoms with Crippen LogP contribution in [0.2, 0.25) is 0 Å². The highest BCUT2D eigenvalue weighted by Gasteiger charge is 2.07. The monoisotopic (exact) mass is 260 g/mol. The predicted molar refractivity (Wildman–Crippen MR) is 53.4 cm³/mol. The highest BCUT2D eigenvalue weighted by atomic mass is 79.9. The van der Waals surface area contributed by atoms with Crippen molar-refractivity contribution < 1.29 is 0 Å². The van der Waals surface area contributed by atoms with Gasteiger partial charge in [0.2, 0.25) is 4.77 Å². The predicted octanol–water partition coefficient (Wildman–Crippen LogP) is 1.15. The molecule has 0 radical (unpaired) electrons. The van der Waals surface area contributed by atoms with Gasteiger partial charge in [0.25, 0.3) is 0 Å². The number of rotatable bonds is 0. The van der Waals surface area contributed by atoms with E-state index >= 15 is 0 Å². The van der Waals surface area contributed by atoms with Crippen molar-refractivity contribution in [1.29, 1.82) is 0 Å². The topological polar surface area (TPSA) is 65.9 Å². The minimum atomic E-state index is -0.316. The Morgan fingerprint density at radius 1 is 1.62 bits per heavy atom. The number of fused-ring (bicyclic) bond motifs is 1. The highest BCUT2D eigenvalue weighted by molar-refractivity contribution is 9.10. The molecule has 13 heavy (non-hydrogen) atoms. The SMILES string of the molecule is Cc1[nH]n2c(=O)[nH]c(=S)nc2c1Br. The first-order valence-corrected chi connectivity index (χ1v) is 4.67. The average molecular weight is 261 g/mol. The van der Waals surface area contributed by atoms with Gasteiger partial charge in [-0.25, -0.2) is 4.79 Å². The Morgan fingerprint density at radius 2 is 2.31 bits per heavy atom. The third-order valence-electron chi connectivity index (χ3n) is 1.64. The largest absolute Gasteiger partial charge is 0.348 e. The van der Waals surface area contributed by atoms with E-state index in [2.05, 4.69) is 31.0 Å². The smallest absolute Gasteiger partial charge is 0.292 e. The zero-order valence-corrected chi connectivity index (χ0v) is 8.99. The normalized spacial score (nSPS) is 10.9.